The highest BCUT2D eigenvalue weighted by Crippen LogP contribution is 2.28. The van der Waals surface area contributed by atoms with Gasteiger partial charge in [0, 0.05) is 18.1 Å². The Labute approximate surface area is 138 Å². The Bertz CT molecular complexity index is 321. The number of rotatable bonds is 7. The van der Waals surface area contributed by atoms with Gasteiger partial charge in [-0.05, 0) is 64.1 Å². The molecule has 2 saturated heterocycles. The molecule has 3 heteroatoms. The van der Waals surface area contributed by atoms with E-state index >= 15 is 0 Å². The lowest BCUT2D eigenvalue weighted by Crippen LogP contribution is -2.51. The molecule has 0 spiro atoms. The van der Waals surface area contributed by atoms with Crippen LogP contribution in [0.5, 0.6) is 0 Å². The van der Waals surface area contributed by atoms with E-state index in [2.05, 4.69) is 44.5 Å². The van der Waals surface area contributed by atoms with E-state index in [-0.39, 0.29) is 0 Å². The van der Waals surface area contributed by atoms with Crippen LogP contribution in [0.4, 0.5) is 0 Å². The third-order valence-electron chi connectivity index (χ3n) is 5.77. The maximum atomic E-state index is 5.93. The van der Waals surface area contributed by atoms with Crippen molar-refractivity contribution in [3.8, 4) is 0 Å². The largest absolute Gasteiger partial charge is 0.378 e. The van der Waals surface area contributed by atoms with Crippen molar-refractivity contribution < 1.29 is 4.74 Å². The van der Waals surface area contributed by atoms with Crippen LogP contribution in [0.3, 0.4) is 0 Å². The van der Waals surface area contributed by atoms with Gasteiger partial charge in [-0.25, -0.2) is 0 Å². The molecule has 3 nitrogen and oxygen atoms in total. The van der Waals surface area contributed by atoms with Crippen molar-refractivity contribution in [2.45, 2.75) is 77.9 Å². The van der Waals surface area contributed by atoms with Crippen molar-refractivity contribution in [3.63, 3.8) is 0 Å². The van der Waals surface area contributed by atoms with Crippen molar-refractivity contribution in [2.75, 3.05) is 33.4 Å². The second kappa shape index (κ2) is 8.65. The molecule has 2 heterocycles. The van der Waals surface area contributed by atoms with E-state index in [0.717, 1.165) is 31.1 Å². The van der Waals surface area contributed by atoms with Gasteiger partial charge in [0.1, 0.15) is 0 Å². The van der Waals surface area contributed by atoms with E-state index in [1.807, 2.05) is 0 Å². The zero-order valence-corrected chi connectivity index (χ0v) is 15.6. The summed E-state index contributed by atoms with van der Waals surface area (Å²) in [7, 11) is 2.32. The van der Waals surface area contributed by atoms with Crippen LogP contribution < -0.4 is 0 Å². The first-order valence-corrected chi connectivity index (χ1v) is 9.55. The molecule has 0 aromatic heterocycles. The van der Waals surface area contributed by atoms with Crippen molar-refractivity contribution >= 4 is 0 Å². The summed E-state index contributed by atoms with van der Waals surface area (Å²) in [6.07, 6.45) is 6.72. The van der Waals surface area contributed by atoms with Gasteiger partial charge in [0.25, 0.3) is 0 Å². The Morgan fingerprint density at radius 1 is 1.00 bits per heavy atom. The summed E-state index contributed by atoms with van der Waals surface area (Å²) < 4.78 is 5.93. The van der Waals surface area contributed by atoms with Gasteiger partial charge in [0.2, 0.25) is 0 Å². The van der Waals surface area contributed by atoms with Crippen LogP contribution in [0, 0.1) is 11.8 Å². The molecule has 0 amide bonds. The zero-order valence-electron chi connectivity index (χ0n) is 15.6. The number of morpholine rings is 1. The van der Waals surface area contributed by atoms with E-state index in [1.165, 1.54) is 45.2 Å². The van der Waals surface area contributed by atoms with Gasteiger partial charge in [-0.2, -0.15) is 0 Å². The molecule has 0 bridgehead atoms. The monoisotopic (exact) mass is 310 g/mol. The van der Waals surface area contributed by atoms with Crippen LogP contribution in [0.15, 0.2) is 0 Å². The molecule has 0 aliphatic carbocycles. The molecular formula is C19H38N2O. The normalized spacial score (nSPS) is 32.7. The average molecular weight is 311 g/mol. The highest BCUT2D eigenvalue weighted by Gasteiger charge is 2.31. The SMILES string of the molecule is CCN1CCCC1C[C@@H](C)CC1COCC(CC(C)C)N1C. The minimum atomic E-state index is 0.615. The average Bonchev–Trinajstić information content (AvgIpc) is 2.90. The Morgan fingerprint density at radius 2 is 1.64 bits per heavy atom. The van der Waals surface area contributed by atoms with Gasteiger partial charge >= 0.3 is 0 Å². The molecule has 2 fully saturated rings. The first kappa shape index (κ1) is 18.2. The van der Waals surface area contributed by atoms with Crippen molar-refractivity contribution in [2.24, 2.45) is 11.8 Å². The fraction of sp³-hybridized carbons (Fsp3) is 1.00. The molecule has 0 N–H and O–H groups in total. The van der Waals surface area contributed by atoms with Gasteiger partial charge in [-0.3, -0.25) is 4.90 Å². The van der Waals surface area contributed by atoms with Crippen LogP contribution in [-0.4, -0.2) is 61.3 Å². The highest BCUT2D eigenvalue weighted by molar-refractivity contribution is 4.85. The summed E-state index contributed by atoms with van der Waals surface area (Å²) in [5, 5.41) is 0. The van der Waals surface area contributed by atoms with E-state index < -0.39 is 0 Å². The molecule has 0 saturated carbocycles. The Hall–Kier alpha value is -0.120. The van der Waals surface area contributed by atoms with Crippen molar-refractivity contribution in [3.05, 3.63) is 0 Å². The molecule has 2 aliphatic heterocycles. The van der Waals surface area contributed by atoms with E-state index in [1.54, 1.807) is 0 Å². The second-order valence-electron chi connectivity index (χ2n) is 8.14. The van der Waals surface area contributed by atoms with E-state index in [4.69, 9.17) is 4.74 Å². The first-order chi connectivity index (χ1) is 10.5. The van der Waals surface area contributed by atoms with Crippen molar-refractivity contribution in [1.29, 1.82) is 0 Å². The second-order valence-corrected chi connectivity index (χ2v) is 8.14. The fourth-order valence-electron chi connectivity index (χ4n) is 4.49. The smallest absolute Gasteiger partial charge is 0.0622 e. The molecule has 3 unspecified atom stereocenters. The summed E-state index contributed by atoms with van der Waals surface area (Å²) in [6, 6.07) is 2.06. The third-order valence-corrected chi connectivity index (χ3v) is 5.77. The number of nitrogens with zero attached hydrogens (tertiary/aromatic N) is 2. The Balaban J connectivity index is 1.81. The van der Waals surface area contributed by atoms with Gasteiger partial charge < -0.3 is 9.64 Å². The standard InChI is InChI=1S/C19H38N2O/c1-6-21-9-7-8-17(21)11-16(4)12-19-14-22-13-18(20(19)5)10-15(2)3/h15-19H,6-14H2,1-5H3/t16-,17?,18?,19?/m1/s1. The highest BCUT2D eigenvalue weighted by atomic mass is 16.5. The molecule has 2 aliphatic rings. The van der Waals surface area contributed by atoms with Crippen LogP contribution >= 0.6 is 0 Å². The summed E-state index contributed by atoms with van der Waals surface area (Å²) in [5.41, 5.74) is 0. The molecule has 22 heavy (non-hydrogen) atoms. The maximum absolute atomic E-state index is 5.93. The predicted octanol–water partition coefficient (Wildman–Crippen LogP) is 3.63. The molecule has 2 rings (SSSR count). The molecule has 0 aromatic rings. The Kier molecular flexibility index (Phi) is 7.17. The summed E-state index contributed by atoms with van der Waals surface area (Å²) in [6.45, 7) is 13.8. The van der Waals surface area contributed by atoms with Gasteiger partial charge in [-0.1, -0.05) is 27.7 Å². The molecule has 0 radical (unpaired) electrons. The van der Waals surface area contributed by atoms with Crippen LogP contribution in [0.25, 0.3) is 0 Å². The number of likely N-dealkylation sites (N-methyl/N-ethyl adjacent to an activating group) is 1. The number of hydrogen-bond acceptors (Lipinski definition) is 3. The molecule has 0 aromatic carbocycles. The van der Waals surface area contributed by atoms with Crippen LogP contribution in [0.2, 0.25) is 0 Å². The van der Waals surface area contributed by atoms with E-state index in [0.29, 0.717) is 12.1 Å². The lowest BCUT2D eigenvalue weighted by Gasteiger charge is -2.41. The van der Waals surface area contributed by atoms with Gasteiger partial charge in [-0.15, -0.1) is 0 Å². The number of hydrogen-bond donors (Lipinski definition) is 0. The van der Waals surface area contributed by atoms with E-state index in [9.17, 15) is 0 Å². The van der Waals surface area contributed by atoms with Gasteiger partial charge in [0.15, 0.2) is 0 Å². The molecular weight excluding hydrogens is 272 g/mol. The lowest BCUT2D eigenvalue weighted by atomic mass is 9.91. The topological polar surface area (TPSA) is 15.7 Å². The summed E-state index contributed by atoms with van der Waals surface area (Å²) in [4.78, 5) is 5.30. The Morgan fingerprint density at radius 3 is 2.27 bits per heavy atom. The summed E-state index contributed by atoms with van der Waals surface area (Å²) in [5.74, 6) is 1.55. The van der Waals surface area contributed by atoms with Crippen molar-refractivity contribution in [1.82, 2.24) is 9.80 Å². The quantitative estimate of drug-likeness (QED) is 0.714. The van der Waals surface area contributed by atoms with Gasteiger partial charge in [0.05, 0.1) is 13.2 Å². The zero-order chi connectivity index (χ0) is 16.1. The maximum Gasteiger partial charge on any atom is 0.0622 e. The molecule has 4 atom stereocenters. The number of likely N-dealkylation sites (tertiary alicyclic amines) is 1. The number of ether oxygens (including phenoxy) is 1. The van der Waals surface area contributed by atoms with Crippen LogP contribution in [-0.2, 0) is 4.74 Å². The molecule has 130 valence electrons. The first-order valence-electron chi connectivity index (χ1n) is 9.55. The minimum absolute atomic E-state index is 0.615. The minimum Gasteiger partial charge on any atom is -0.378 e. The fourth-order valence-corrected chi connectivity index (χ4v) is 4.49. The third kappa shape index (κ3) is 4.94. The lowest BCUT2D eigenvalue weighted by molar-refractivity contribution is -0.0491. The van der Waals surface area contributed by atoms with Crippen LogP contribution in [0.1, 0.15) is 59.8 Å². The summed E-state index contributed by atoms with van der Waals surface area (Å²) >= 11 is 0. The predicted molar refractivity (Wildman–Crippen MR) is 94.3 cm³/mol.